The molecule has 0 saturated heterocycles. The lowest BCUT2D eigenvalue weighted by Gasteiger charge is -2.25. The Morgan fingerprint density at radius 2 is 2.05 bits per heavy atom. The summed E-state index contributed by atoms with van der Waals surface area (Å²) in [4.78, 5) is 15.5. The molecule has 2 aromatic rings. The first kappa shape index (κ1) is 14.8. The van der Waals surface area contributed by atoms with Crippen LogP contribution in [0.15, 0.2) is 45.5 Å². The van der Waals surface area contributed by atoms with Gasteiger partial charge >= 0.3 is 5.91 Å². The van der Waals surface area contributed by atoms with E-state index in [0.29, 0.717) is 4.67 Å². The number of amides is 1. The van der Waals surface area contributed by atoms with E-state index in [1.165, 1.54) is 5.56 Å². The van der Waals surface area contributed by atoms with Crippen LogP contribution in [-0.2, 0) is 6.42 Å². The normalized spacial score (nSPS) is 15.7. The van der Waals surface area contributed by atoms with Crippen LogP contribution in [0.1, 0.15) is 35.5 Å². The number of rotatable bonds is 1. The molecule has 0 unspecified atom stereocenters. The number of carbonyl (C=O) groups excluding carboxylic acids is 1. The molecule has 0 saturated carbocycles. The maximum atomic E-state index is 12.0. The van der Waals surface area contributed by atoms with Gasteiger partial charge in [-0.15, -0.1) is 0 Å². The first-order chi connectivity index (χ1) is 10.4. The number of amidine groups is 1. The summed E-state index contributed by atoms with van der Waals surface area (Å²) < 4.78 is 5.75. The molecule has 1 amide bonds. The highest BCUT2D eigenvalue weighted by Crippen LogP contribution is 2.17. The Bertz CT molecular complexity index is 749. The van der Waals surface area contributed by atoms with Gasteiger partial charge in [0, 0.05) is 6.42 Å². The van der Waals surface area contributed by atoms with Crippen molar-refractivity contribution in [2.75, 3.05) is 0 Å². The minimum Gasteiger partial charge on any atom is -0.444 e. The van der Waals surface area contributed by atoms with Crippen LogP contribution in [0.3, 0.4) is 0 Å². The van der Waals surface area contributed by atoms with Gasteiger partial charge < -0.3 is 4.42 Å². The summed E-state index contributed by atoms with van der Waals surface area (Å²) in [6, 6.07) is 11.4. The molecule has 0 radical (unpaired) electrons. The molecule has 2 heterocycles. The number of nitrogens with one attached hydrogen (secondary N) is 3. The predicted molar refractivity (Wildman–Crippen MR) is 86.3 cm³/mol. The zero-order valence-electron chi connectivity index (χ0n) is 12.4. The average Bonchev–Trinajstić information content (AvgIpc) is 2.90. The molecule has 1 aromatic carbocycles. The highest BCUT2D eigenvalue weighted by molar-refractivity contribution is 9.10. The summed E-state index contributed by atoms with van der Waals surface area (Å²) in [6.07, 6.45) is 0.924. The molecule has 5 nitrogen and oxygen atoms in total. The summed E-state index contributed by atoms with van der Waals surface area (Å²) in [5, 5.41) is 0. The second-order valence-corrected chi connectivity index (χ2v) is 6.68. The zero-order chi connectivity index (χ0) is 15.7. The maximum absolute atomic E-state index is 12.0. The Morgan fingerprint density at radius 3 is 2.77 bits per heavy atom. The summed E-state index contributed by atoms with van der Waals surface area (Å²) in [5.41, 5.74) is 7.84. The van der Waals surface area contributed by atoms with Gasteiger partial charge in [-0.3, -0.25) is 9.79 Å². The minimum absolute atomic E-state index is 0.0882. The van der Waals surface area contributed by atoms with Crippen molar-refractivity contribution >= 4 is 27.7 Å². The van der Waals surface area contributed by atoms with Gasteiger partial charge in [0.1, 0.15) is 5.54 Å². The van der Waals surface area contributed by atoms with E-state index in [-0.39, 0.29) is 17.2 Å². The molecular formula is C16H17BrN3O2+. The monoisotopic (exact) mass is 362 g/mol. The Kier molecular flexibility index (Phi) is 3.78. The summed E-state index contributed by atoms with van der Waals surface area (Å²) >= 11 is 3.18. The number of carbonyl (C=O) groups is 1. The van der Waals surface area contributed by atoms with Crippen molar-refractivity contribution in [2.24, 2.45) is 0 Å². The fourth-order valence-corrected chi connectivity index (χ4v) is 2.87. The Hall–Kier alpha value is -2.08. The molecule has 1 aromatic heterocycles. The van der Waals surface area contributed by atoms with Crippen LogP contribution in [0.2, 0.25) is 0 Å². The molecular weight excluding hydrogens is 346 g/mol. The third kappa shape index (κ3) is 3.06. The van der Waals surface area contributed by atoms with Crippen LogP contribution in [0.25, 0.3) is 0 Å². The fourth-order valence-electron chi connectivity index (χ4n) is 2.56. The van der Waals surface area contributed by atoms with E-state index in [1.54, 1.807) is 12.1 Å². The van der Waals surface area contributed by atoms with E-state index >= 15 is 0 Å². The third-order valence-corrected chi connectivity index (χ3v) is 3.91. The minimum atomic E-state index is -0.333. The molecule has 1 aliphatic rings. The van der Waals surface area contributed by atoms with Gasteiger partial charge in [-0.05, 0) is 53.5 Å². The number of fused-ring (bicyclic) bond motifs is 1. The Labute approximate surface area is 136 Å². The van der Waals surface area contributed by atoms with Crippen molar-refractivity contribution in [3.05, 3.63) is 58.0 Å². The van der Waals surface area contributed by atoms with Crippen molar-refractivity contribution in [2.45, 2.75) is 25.8 Å². The lowest BCUT2D eigenvalue weighted by atomic mass is 9.89. The topological polar surface area (TPSA) is 68.2 Å². The van der Waals surface area contributed by atoms with E-state index in [4.69, 9.17) is 4.42 Å². The highest BCUT2D eigenvalue weighted by atomic mass is 79.9. The van der Waals surface area contributed by atoms with Gasteiger partial charge in [0.05, 0.1) is 5.56 Å². The van der Waals surface area contributed by atoms with Crippen LogP contribution in [0.5, 0.6) is 0 Å². The average molecular weight is 363 g/mol. The fraction of sp³-hybridized carbons (Fsp3) is 0.250. The lowest BCUT2D eigenvalue weighted by molar-refractivity contribution is -0.547. The third-order valence-electron chi connectivity index (χ3n) is 3.48. The van der Waals surface area contributed by atoms with Crippen molar-refractivity contribution in [1.29, 1.82) is 0 Å². The molecule has 1 aliphatic heterocycles. The van der Waals surface area contributed by atoms with Crippen LogP contribution >= 0.6 is 15.9 Å². The van der Waals surface area contributed by atoms with E-state index in [2.05, 4.69) is 51.7 Å². The van der Waals surface area contributed by atoms with Gasteiger partial charge in [-0.1, -0.05) is 18.2 Å². The number of hydrogen-bond acceptors (Lipinski definition) is 3. The molecule has 114 valence electrons. The summed E-state index contributed by atoms with van der Waals surface area (Å²) in [7, 11) is 0. The molecule has 0 spiro atoms. The molecule has 0 aliphatic carbocycles. The van der Waals surface area contributed by atoms with Gasteiger partial charge in [-0.25, -0.2) is 0 Å². The smallest absolute Gasteiger partial charge is 0.321 e. The van der Waals surface area contributed by atoms with Gasteiger partial charge in [0.25, 0.3) is 5.84 Å². The van der Waals surface area contributed by atoms with Crippen molar-refractivity contribution in [1.82, 2.24) is 10.9 Å². The summed E-state index contributed by atoms with van der Waals surface area (Å²) in [5.74, 6) is 0.690. The first-order valence-electron chi connectivity index (χ1n) is 7.00. The van der Waals surface area contributed by atoms with Crippen molar-refractivity contribution < 1.29 is 14.2 Å². The number of hydrogen-bond donors (Lipinski definition) is 3. The summed E-state index contributed by atoms with van der Waals surface area (Å²) in [6.45, 7) is 4.24. The van der Waals surface area contributed by atoms with E-state index in [9.17, 15) is 4.79 Å². The highest BCUT2D eigenvalue weighted by Gasteiger charge is 2.31. The molecule has 0 fully saturated rings. The van der Waals surface area contributed by atoms with Crippen molar-refractivity contribution in [3.63, 3.8) is 0 Å². The van der Waals surface area contributed by atoms with Crippen LogP contribution in [0.4, 0.5) is 0 Å². The number of halogens is 1. The second-order valence-electron chi connectivity index (χ2n) is 5.90. The largest absolute Gasteiger partial charge is 0.444 e. The maximum Gasteiger partial charge on any atom is 0.321 e. The van der Waals surface area contributed by atoms with E-state index in [1.807, 2.05) is 18.2 Å². The molecule has 6 heteroatoms. The van der Waals surface area contributed by atoms with Crippen LogP contribution in [0, 0.1) is 0 Å². The standard InChI is InChI=1S/C16H16BrN3O2/c1-16(2)9-10-5-3-4-6-11(10)14(18-16)19-20-15(21)12-7-8-13(17)22-12/h3-8H,9H2,1-2H3,(H,18,19)(H,20,21)/p+1. The van der Waals surface area contributed by atoms with Crippen molar-refractivity contribution in [3.8, 4) is 0 Å². The predicted octanol–water partition coefficient (Wildman–Crippen LogP) is 1.14. The van der Waals surface area contributed by atoms with Gasteiger partial charge in [-0.2, -0.15) is 10.9 Å². The van der Waals surface area contributed by atoms with Gasteiger partial charge in [0.2, 0.25) is 0 Å². The van der Waals surface area contributed by atoms with E-state index < -0.39 is 0 Å². The quantitative estimate of drug-likeness (QED) is 0.666. The molecule has 3 N–H and O–H groups in total. The molecule has 3 rings (SSSR count). The number of hydrazine groups is 1. The SMILES string of the molecule is CC1(C)Cc2ccccc2C(NNC(=O)c2ccc(Br)o2)=[NH+]1. The zero-order valence-corrected chi connectivity index (χ0v) is 14.0. The van der Waals surface area contributed by atoms with Crippen LogP contribution in [-0.4, -0.2) is 17.3 Å². The Morgan fingerprint density at radius 1 is 1.27 bits per heavy atom. The van der Waals surface area contributed by atoms with Crippen LogP contribution < -0.4 is 15.8 Å². The molecule has 0 bridgehead atoms. The number of furan rings is 1. The second kappa shape index (κ2) is 5.61. The number of benzene rings is 1. The first-order valence-corrected chi connectivity index (χ1v) is 7.79. The molecule has 0 atom stereocenters. The Balaban J connectivity index is 1.79. The van der Waals surface area contributed by atoms with E-state index in [0.717, 1.165) is 17.8 Å². The van der Waals surface area contributed by atoms with Gasteiger partial charge in [0.15, 0.2) is 10.4 Å². The molecule has 22 heavy (non-hydrogen) atoms. The lowest BCUT2D eigenvalue weighted by Crippen LogP contribution is -2.90.